The third-order valence-electron chi connectivity index (χ3n) is 3.55. The lowest BCUT2D eigenvalue weighted by atomic mass is 10.1. The Morgan fingerprint density at radius 2 is 2.28 bits per heavy atom. The zero-order chi connectivity index (χ0) is 12.4. The van der Waals surface area contributed by atoms with Crippen LogP contribution >= 0.6 is 0 Å². The van der Waals surface area contributed by atoms with Crippen molar-refractivity contribution in [3.05, 3.63) is 36.8 Å². The SMILES string of the molecule is CC1CCC(Nc2ccc(-n3cccn3)nc2)C1. The molecule has 0 amide bonds. The topological polar surface area (TPSA) is 42.7 Å². The van der Waals surface area contributed by atoms with Crippen LogP contribution in [0.25, 0.3) is 5.82 Å². The van der Waals surface area contributed by atoms with Gasteiger partial charge in [-0.1, -0.05) is 6.92 Å². The van der Waals surface area contributed by atoms with E-state index in [1.54, 1.807) is 10.9 Å². The van der Waals surface area contributed by atoms with E-state index in [1.165, 1.54) is 19.3 Å². The van der Waals surface area contributed by atoms with Gasteiger partial charge in [0.25, 0.3) is 0 Å². The third-order valence-corrected chi connectivity index (χ3v) is 3.55. The van der Waals surface area contributed by atoms with Crippen molar-refractivity contribution in [2.45, 2.75) is 32.2 Å². The van der Waals surface area contributed by atoms with Crippen LogP contribution in [0.15, 0.2) is 36.8 Å². The molecule has 1 fully saturated rings. The van der Waals surface area contributed by atoms with Crippen molar-refractivity contribution in [2.75, 3.05) is 5.32 Å². The van der Waals surface area contributed by atoms with E-state index >= 15 is 0 Å². The molecular weight excluding hydrogens is 224 g/mol. The smallest absolute Gasteiger partial charge is 0.153 e. The maximum absolute atomic E-state index is 4.42. The van der Waals surface area contributed by atoms with Gasteiger partial charge < -0.3 is 5.32 Å². The molecule has 18 heavy (non-hydrogen) atoms. The summed E-state index contributed by atoms with van der Waals surface area (Å²) < 4.78 is 1.77. The lowest BCUT2D eigenvalue weighted by Crippen LogP contribution is -2.15. The van der Waals surface area contributed by atoms with E-state index in [0.29, 0.717) is 6.04 Å². The molecule has 0 bridgehead atoms. The number of hydrogen-bond donors (Lipinski definition) is 1. The Morgan fingerprint density at radius 1 is 1.33 bits per heavy atom. The molecule has 1 N–H and O–H groups in total. The zero-order valence-electron chi connectivity index (χ0n) is 10.6. The first-order chi connectivity index (χ1) is 8.81. The number of nitrogens with zero attached hydrogens (tertiary/aromatic N) is 3. The number of nitrogens with one attached hydrogen (secondary N) is 1. The van der Waals surface area contributed by atoms with E-state index in [9.17, 15) is 0 Å². The Hall–Kier alpha value is -1.84. The van der Waals surface area contributed by atoms with Gasteiger partial charge in [0, 0.05) is 18.4 Å². The number of aromatic nitrogens is 3. The molecule has 2 aromatic rings. The standard InChI is InChI=1S/C14H18N4/c1-11-3-4-12(9-11)17-13-5-6-14(15-10-13)18-8-2-7-16-18/h2,5-8,10-12,17H,3-4,9H2,1H3. The summed E-state index contributed by atoms with van der Waals surface area (Å²) in [4.78, 5) is 4.42. The average Bonchev–Trinajstić information content (AvgIpc) is 3.02. The first-order valence-electron chi connectivity index (χ1n) is 6.54. The van der Waals surface area contributed by atoms with Gasteiger partial charge >= 0.3 is 0 Å². The summed E-state index contributed by atoms with van der Waals surface area (Å²) in [5, 5.41) is 7.71. The van der Waals surface area contributed by atoms with Gasteiger partial charge in [-0.3, -0.25) is 0 Å². The molecule has 2 aromatic heterocycles. The van der Waals surface area contributed by atoms with Crippen LogP contribution in [0.2, 0.25) is 0 Å². The molecule has 0 radical (unpaired) electrons. The molecule has 0 aliphatic heterocycles. The van der Waals surface area contributed by atoms with Crippen molar-refractivity contribution >= 4 is 5.69 Å². The van der Waals surface area contributed by atoms with Crippen LogP contribution in [0.1, 0.15) is 26.2 Å². The van der Waals surface area contributed by atoms with Crippen molar-refractivity contribution in [1.29, 1.82) is 0 Å². The Morgan fingerprint density at radius 3 is 2.89 bits per heavy atom. The highest BCUT2D eigenvalue weighted by molar-refractivity contribution is 5.44. The van der Waals surface area contributed by atoms with Gasteiger partial charge in [-0.15, -0.1) is 0 Å². The van der Waals surface area contributed by atoms with Gasteiger partial charge in [-0.25, -0.2) is 9.67 Å². The lowest BCUT2D eigenvalue weighted by Gasteiger charge is -2.13. The largest absolute Gasteiger partial charge is 0.381 e. The quantitative estimate of drug-likeness (QED) is 0.900. The second-order valence-electron chi connectivity index (χ2n) is 5.12. The zero-order valence-corrected chi connectivity index (χ0v) is 10.6. The predicted molar refractivity (Wildman–Crippen MR) is 71.8 cm³/mol. The van der Waals surface area contributed by atoms with Crippen LogP contribution < -0.4 is 5.32 Å². The van der Waals surface area contributed by atoms with E-state index in [4.69, 9.17) is 0 Å². The minimum Gasteiger partial charge on any atom is -0.381 e. The van der Waals surface area contributed by atoms with Gasteiger partial charge in [0.2, 0.25) is 0 Å². The summed E-state index contributed by atoms with van der Waals surface area (Å²) in [6, 6.07) is 6.58. The fourth-order valence-electron chi connectivity index (χ4n) is 2.59. The molecule has 1 aliphatic carbocycles. The van der Waals surface area contributed by atoms with E-state index in [0.717, 1.165) is 17.4 Å². The minimum absolute atomic E-state index is 0.609. The average molecular weight is 242 g/mol. The Kier molecular flexibility index (Phi) is 3.00. The maximum atomic E-state index is 4.42. The van der Waals surface area contributed by atoms with Crippen LogP contribution in [-0.2, 0) is 0 Å². The van der Waals surface area contributed by atoms with Gasteiger partial charge in [-0.05, 0) is 43.4 Å². The summed E-state index contributed by atoms with van der Waals surface area (Å²) in [6.07, 6.45) is 9.40. The Bertz CT molecular complexity index is 489. The first kappa shape index (κ1) is 11.3. The summed E-state index contributed by atoms with van der Waals surface area (Å²) >= 11 is 0. The highest BCUT2D eigenvalue weighted by Gasteiger charge is 2.20. The molecule has 4 heteroatoms. The molecule has 0 spiro atoms. The van der Waals surface area contributed by atoms with Crippen LogP contribution in [0.5, 0.6) is 0 Å². The summed E-state index contributed by atoms with van der Waals surface area (Å²) in [7, 11) is 0. The van der Waals surface area contributed by atoms with E-state index in [2.05, 4.69) is 28.4 Å². The number of pyridine rings is 1. The molecule has 2 heterocycles. The molecule has 2 atom stereocenters. The van der Waals surface area contributed by atoms with Crippen LogP contribution in [0, 0.1) is 5.92 Å². The van der Waals surface area contributed by atoms with E-state index in [-0.39, 0.29) is 0 Å². The first-order valence-corrected chi connectivity index (χ1v) is 6.54. The summed E-state index contributed by atoms with van der Waals surface area (Å²) in [6.45, 7) is 2.32. The van der Waals surface area contributed by atoms with Gasteiger partial charge in [0.05, 0.1) is 11.9 Å². The summed E-state index contributed by atoms with van der Waals surface area (Å²) in [5.41, 5.74) is 1.10. The monoisotopic (exact) mass is 242 g/mol. The van der Waals surface area contributed by atoms with Crippen molar-refractivity contribution in [3.8, 4) is 5.82 Å². The number of rotatable bonds is 3. The van der Waals surface area contributed by atoms with E-state index < -0.39 is 0 Å². The predicted octanol–water partition coefficient (Wildman–Crippen LogP) is 2.87. The van der Waals surface area contributed by atoms with Gasteiger partial charge in [0.15, 0.2) is 5.82 Å². The highest BCUT2D eigenvalue weighted by atomic mass is 15.3. The number of anilines is 1. The molecule has 0 aromatic carbocycles. The summed E-state index contributed by atoms with van der Waals surface area (Å²) in [5.74, 6) is 1.70. The van der Waals surface area contributed by atoms with Crippen molar-refractivity contribution in [2.24, 2.45) is 5.92 Å². The molecular formula is C14H18N4. The van der Waals surface area contributed by atoms with Crippen LogP contribution in [0.3, 0.4) is 0 Å². The highest BCUT2D eigenvalue weighted by Crippen LogP contribution is 2.27. The van der Waals surface area contributed by atoms with Crippen molar-refractivity contribution < 1.29 is 0 Å². The van der Waals surface area contributed by atoms with Gasteiger partial charge in [-0.2, -0.15) is 5.10 Å². The second-order valence-corrected chi connectivity index (χ2v) is 5.12. The van der Waals surface area contributed by atoms with Crippen molar-refractivity contribution in [1.82, 2.24) is 14.8 Å². The Labute approximate surface area is 107 Å². The molecule has 3 rings (SSSR count). The minimum atomic E-state index is 0.609. The molecule has 1 aliphatic rings. The second kappa shape index (κ2) is 4.80. The van der Waals surface area contributed by atoms with Gasteiger partial charge in [0.1, 0.15) is 0 Å². The van der Waals surface area contributed by atoms with Crippen molar-refractivity contribution in [3.63, 3.8) is 0 Å². The normalized spacial score (nSPS) is 23.2. The van der Waals surface area contributed by atoms with Crippen LogP contribution in [-0.4, -0.2) is 20.8 Å². The molecule has 0 saturated heterocycles. The maximum Gasteiger partial charge on any atom is 0.153 e. The molecule has 1 saturated carbocycles. The third kappa shape index (κ3) is 2.37. The van der Waals surface area contributed by atoms with E-state index in [1.807, 2.05) is 24.5 Å². The van der Waals surface area contributed by atoms with Crippen LogP contribution in [0.4, 0.5) is 5.69 Å². The molecule has 2 unspecified atom stereocenters. The lowest BCUT2D eigenvalue weighted by molar-refractivity contribution is 0.602. The molecule has 4 nitrogen and oxygen atoms in total. The molecule has 94 valence electrons. The Balaban J connectivity index is 1.68. The fraction of sp³-hybridized carbons (Fsp3) is 0.429. The fourth-order valence-corrected chi connectivity index (χ4v) is 2.59. The number of hydrogen-bond acceptors (Lipinski definition) is 3.